The summed E-state index contributed by atoms with van der Waals surface area (Å²) in [5.41, 5.74) is 2.00. The lowest BCUT2D eigenvalue weighted by Gasteiger charge is -2.28. The zero-order valence-corrected chi connectivity index (χ0v) is 11.8. The van der Waals surface area contributed by atoms with Crippen LogP contribution in [0.15, 0.2) is 18.2 Å². The molecule has 0 bridgehead atoms. The smallest absolute Gasteiger partial charge is 0.0762 e. The van der Waals surface area contributed by atoms with Crippen LogP contribution in [0.25, 0.3) is 0 Å². The maximum Gasteiger partial charge on any atom is 0.0762 e. The summed E-state index contributed by atoms with van der Waals surface area (Å²) in [6.45, 7) is 3.95. The molecule has 0 amide bonds. The summed E-state index contributed by atoms with van der Waals surface area (Å²) in [5.74, 6) is 0. The highest BCUT2D eigenvalue weighted by molar-refractivity contribution is 6.33. The van der Waals surface area contributed by atoms with E-state index in [1.165, 1.54) is 32.1 Å². The van der Waals surface area contributed by atoms with Crippen molar-refractivity contribution in [3.8, 4) is 0 Å². The van der Waals surface area contributed by atoms with Gasteiger partial charge in [0.1, 0.15) is 0 Å². The molecule has 0 unspecified atom stereocenters. The Bertz CT molecular complexity index is 384. The molecule has 1 atom stereocenters. The molecular formula is C15H22ClNO. The number of aliphatic hydroxyl groups excluding tert-OH is 1. The van der Waals surface area contributed by atoms with Gasteiger partial charge in [0.15, 0.2) is 0 Å². The summed E-state index contributed by atoms with van der Waals surface area (Å²) in [5, 5.41) is 10.3. The van der Waals surface area contributed by atoms with Crippen LogP contribution in [-0.4, -0.2) is 18.2 Å². The van der Waals surface area contributed by atoms with Gasteiger partial charge in [-0.3, -0.25) is 0 Å². The van der Waals surface area contributed by atoms with E-state index in [0.29, 0.717) is 0 Å². The normalized spacial score (nSPS) is 19.2. The van der Waals surface area contributed by atoms with Gasteiger partial charge in [-0.15, -0.1) is 0 Å². The van der Waals surface area contributed by atoms with Crippen LogP contribution in [0.1, 0.15) is 50.7 Å². The van der Waals surface area contributed by atoms with E-state index in [9.17, 15) is 5.11 Å². The monoisotopic (exact) mass is 267 g/mol. The van der Waals surface area contributed by atoms with Crippen molar-refractivity contribution in [2.24, 2.45) is 0 Å². The van der Waals surface area contributed by atoms with E-state index in [4.69, 9.17) is 11.6 Å². The lowest BCUT2D eigenvalue weighted by molar-refractivity contribution is 0.199. The summed E-state index contributed by atoms with van der Waals surface area (Å²) in [6.07, 6.45) is 6.04. The maximum absolute atomic E-state index is 9.56. The number of benzene rings is 1. The highest BCUT2D eigenvalue weighted by Gasteiger charge is 2.13. The first-order valence-electron chi connectivity index (χ1n) is 6.91. The predicted octanol–water partition coefficient (Wildman–Crippen LogP) is 4.16. The Morgan fingerprint density at radius 3 is 2.28 bits per heavy atom. The largest absolute Gasteiger partial charge is 0.389 e. The third kappa shape index (κ3) is 3.39. The standard InChI is InChI=1S/C15H22ClNO/c1-12(18)13-7-8-15(14(16)11-13)17-9-5-3-2-4-6-10-17/h7-8,11-12,18H,2-6,9-10H2,1H3/t12-/m1/s1. The minimum absolute atomic E-state index is 0.455. The van der Waals surface area contributed by atoms with Crippen LogP contribution >= 0.6 is 11.6 Å². The Hall–Kier alpha value is -0.730. The Morgan fingerprint density at radius 2 is 1.72 bits per heavy atom. The van der Waals surface area contributed by atoms with Gasteiger partial charge in [-0.1, -0.05) is 36.9 Å². The van der Waals surface area contributed by atoms with Crippen molar-refractivity contribution in [1.82, 2.24) is 0 Å². The zero-order valence-electron chi connectivity index (χ0n) is 11.0. The topological polar surface area (TPSA) is 23.5 Å². The molecule has 2 rings (SSSR count). The van der Waals surface area contributed by atoms with Crippen LogP contribution in [0.4, 0.5) is 5.69 Å². The summed E-state index contributed by atoms with van der Waals surface area (Å²) in [7, 11) is 0. The van der Waals surface area contributed by atoms with Crippen LogP contribution in [0, 0.1) is 0 Å². The molecule has 1 aliphatic heterocycles. The summed E-state index contributed by atoms with van der Waals surface area (Å²) >= 11 is 6.35. The van der Waals surface area contributed by atoms with Crippen molar-refractivity contribution in [3.05, 3.63) is 28.8 Å². The molecule has 0 spiro atoms. The van der Waals surface area contributed by atoms with E-state index in [2.05, 4.69) is 4.90 Å². The first-order chi connectivity index (χ1) is 8.68. The quantitative estimate of drug-likeness (QED) is 0.870. The number of halogens is 1. The van der Waals surface area contributed by atoms with Crippen LogP contribution in [-0.2, 0) is 0 Å². The summed E-state index contributed by atoms with van der Waals surface area (Å²) in [6, 6.07) is 5.91. The number of nitrogens with zero attached hydrogens (tertiary/aromatic N) is 1. The van der Waals surface area contributed by atoms with Gasteiger partial charge in [0.25, 0.3) is 0 Å². The van der Waals surface area contributed by atoms with Crippen molar-refractivity contribution in [1.29, 1.82) is 0 Å². The second-order valence-corrected chi connectivity index (χ2v) is 5.55. The molecule has 1 aliphatic rings. The van der Waals surface area contributed by atoms with Crippen LogP contribution in [0.3, 0.4) is 0 Å². The molecule has 1 N–H and O–H groups in total. The summed E-state index contributed by atoms with van der Waals surface area (Å²) in [4.78, 5) is 2.38. The Balaban J connectivity index is 2.15. The maximum atomic E-state index is 9.56. The third-order valence-corrected chi connectivity index (χ3v) is 3.95. The van der Waals surface area contributed by atoms with Crippen LogP contribution < -0.4 is 4.90 Å². The first-order valence-corrected chi connectivity index (χ1v) is 7.29. The molecule has 1 aromatic carbocycles. The van der Waals surface area contributed by atoms with Crippen molar-refractivity contribution < 1.29 is 5.11 Å². The van der Waals surface area contributed by atoms with Crippen LogP contribution in [0.5, 0.6) is 0 Å². The Labute approximate surface area is 115 Å². The lowest BCUT2D eigenvalue weighted by Crippen LogP contribution is -2.27. The molecular weight excluding hydrogens is 246 g/mol. The van der Waals surface area contributed by atoms with E-state index < -0.39 is 6.10 Å². The molecule has 1 aromatic rings. The van der Waals surface area contributed by atoms with Gasteiger partial charge in [0, 0.05) is 13.1 Å². The second-order valence-electron chi connectivity index (χ2n) is 5.14. The molecule has 0 saturated carbocycles. The molecule has 0 radical (unpaired) electrons. The Morgan fingerprint density at radius 1 is 1.11 bits per heavy atom. The molecule has 1 heterocycles. The third-order valence-electron chi connectivity index (χ3n) is 3.65. The molecule has 18 heavy (non-hydrogen) atoms. The average molecular weight is 268 g/mol. The van der Waals surface area contributed by atoms with Gasteiger partial charge < -0.3 is 10.0 Å². The van der Waals surface area contributed by atoms with Gasteiger partial charge in [-0.25, -0.2) is 0 Å². The lowest BCUT2D eigenvalue weighted by atomic mass is 10.1. The van der Waals surface area contributed by atoms with Crippen LogP contribution in [0.2, 0.25) is 5.02 Å². The van der Waals surface area contributed by atoms with E-state index in [0.717, 1.165) is 29.4 Å². The van der Waals surface area contributed by atoms with Crippen molar-refractivity contribution in [3.63, 3.8) is 0 Å². The molecule has 1 fully saturated rings. The summed E-state index contributed by atoms with van der Waals surface area (Å²) < 4.78 is 0. The van der Waals surface area contributed by atoms with Gasteiger partial charge in [0.05, 0.1) is 16.8 Å². The number of rotatable bonds is 2. The van der Waals surface area contributed by atoms with Gasteiger partial charge in [-0.2, -0.15) is 0 Å². The highest BCUT2D eigenvalue weighted by Crippen LogP contribution is 2.30. The molecule has 2 nitrogen and oxygen atoms in total. The number of hydrogen-bond acceptors (Lipinski definition) is 2. The molecule has 1 saturated heterocycles. The fourth-order valence-electron chi connectivity index (χ4n) is 2.53. The molecule has 0 aromatic heterocycles. The van der Waals surface area contributed by atoms with E-state index in [1.54, 1.807) is 6.92 Å². The second kappa shape index (κ2) is 6.44. The van der Waals surface area contributed by atoms with Gasteiger partial charge in [0.2, 0.25) is 0 Å². The predicted molar refractivity (Wildman–Crippen MR) is 77.4 cm³/mol. The van der Waals surface area contributed by atoms with Gasteiger partial charge >= 0.3 is 0 Å². The molecule has 100 valence electrons. The minimum Gasteiger partial charge on any atom is -0.389 e. The van der Waals surface area contributed by atoms with E-state index in [1.807, 2.05) is 18.2 Å². The average Bonchev–Trinajstić information content (AvgIpc) is 2.29. The number of aliphatic hydroxyl groups is 1. The molecule has 0 aliphatic carbocycles. The zero-order chi connectivity index (χ0) is 13.0. The Kier molecular flexibility index (Phi) is 4.90. The van der Waals surface area contributed by atoms with Crippen molar-refractivity contribution in [2.45, 2.75) is 45.1 Å². The van der Waals surface area contributed by atoms with E-state index >= 15 is 0 Å². The fraction of sp³-hybridized carbons (Fsp3) is 0.600. The number of hydrogen-bond donors (Lipinski definition) is 1. The minimum atomic E-state index is -0.455. The number of anilines is 1. The highest BCUT2D eigenvalue weighted by atomic mass is 35.5. The van der Waals surface area contributed by atoms with Crippen molar-refractivity contribution in [2.75, 3.05) is 18.0 Å². The van der Waals surface area contributed by atoms with Crippen molar-refractivity contribution >= 4 is 17.3 Å². The van der Waals surface area contributed by atoms with E-state index in [-0.39, 0.29) is 0 Å². The fourth-order valence-corrected chi connectivity index (χ4v) is 2.84. The molecule has 3 heteroatoms. The van der Waals surface area contributed by atoms with Gasteiger partial charge in [-0.05, 0) is 37.5 Å². The SMILES string of the molecule is C[C@@H](O)c1ccc(N2CCCCCCC2)c(Cl)c1. The first kappa shape index (κ1) is 13.7.